The second-order valence-electron chi connectivity index (χ2n) is 6.98. The monoisotopic (exact) mass is 463 g/mol. The van der Waals surface area contributed by atoms with Crippen molar-refractivity contribution in [1.82, 2.24) is 4.57 Å². The molecular weight excluding hydrogens is 442 g/mol. The van der Waals surface area contributed by atoms with Crippen molar-refractivity contribution in [2.45, 2.75) is 30.5 Å². The lowest BCUT2D eigenvalue weighted by Crippen LogP contribution is -2.19. The van der Waals surface area contributed by atoms with E-state index in [9.17, 15) is 23.3 Å². The van der Waals surface area contributed by atoms with Gasteiger partial charge in [-0.15, -0.1) is 0 Å². The van der Waals surface area contributed by atoms with Gasteiger partial charge >= 0.3 is 0 Å². The van der Waals surface area contributed by atoms with Crippen molar-refractivity contribution in [3.8, 4) is 0 Å². The lowest BCUT2D eigenvalue weighted by atomic mass is 10.2. The summed E-state index contributed by atoms with van der Waals surface area (Å²) in [6, 6.07) is 10.2. The number of carbonyl (C=O) groups is 1. The van der Waals surface area contributed by atoms with Gasteiger partial charge in [-0.3, -0.25) is 14.9 Å². The van der Waals surface area contributed by atoms with Crippen LogP contribution >= 0.6 is 11.3 Å². The Kier molecular flexibility index (Phi) is 6.68. The van der Waals surface area contributed by atoms with Crippen LogP contribution in [0.2, 0.25) is 0 Å². The Morgan fingerprint density at radius 2 is 2.00 bits per heavy atom. The van der Waals surface area contributed by atoms with E-state index in [1.807, 2.05) is 0 Å². The minimum Gasteiger partial charge on any atom is -0.383 e. The fraction of sp³-hybridized carbons (Fsp3) is 0.300. The molecule has 0 aliphatic heterocycles. The molecule has 9 nitrogen and oxygen atoms in total. The molecule has 1 heterocycles. The number of hydrogen-bond acceptors (Lipinski definition) is 7. The van der Waals surface area contributed by atoms with E-state index in [4.69, 9.17) is 4.74 Å². The number of aromatic nitrogens is 1. The molecule has 0 aliphatic carbocycles. The number of methoxy groups -OCH3 is 1. The molecule has 1 aromatic heterocycles. The van der Waals surface area contributed by atoms with Gasteiger partial charge in [0.15, 0.2) is 14.6 Å². The lowest BCUT2D eigenvalue weighted by Gasteiger charge is -2.08. The van der Waals surface area contributed by atoms with E-state index in [2.05, 4.69) is 4.99 Å². The normalized spacial score (nSPS) is 12.6. The first-order valence-corrected chi connectivity index (χ1v) is 11.7. The van der Waals surface area contributed by atoms with Crippen LogP contribution in [0.15, 0.2) is 52.4 Å². The van der Waals surface area contributed by atoms with Gasteiger partial charge in [0.1, 0.15) is 0 Å². The molecule has 0 fully saturated rings. The number of ether oxygens (including phenoxy) is 1. The molecule has 0 saturated carbocycles. The number of amides is 1. The van der Waals surface area contributed by atoms with Crippen molar-refractivity contribution in [1.29, 1.82) is 0 Å². The van der Waals surface area contributed by atoms with Crippen molar-refractivity contribution in [3.63, 3.8) is 0 Å². The zero-order valence-electron chi connectivity index (χ0n) is 17.1. The van der Waals surface area contributed by atoms with Crippen molar-refractivity contribution in [2.75, 3.05) is 13.7 Å². The molecular formula is C20H21N3O6S2. The van der Waals surface area contributed by atoms with Gasteiger partial charge in [-0.05, 0) is 38.1 Å². The fourth-order valence-corrected chi connectivity index (χ4v) is 5.02. The number of benzene rings is 2. The highest BCUT2D eigenvalue weighted by Crippen LogP contribution is 2.23. The molecule has 0 spiro atoms. The molecule has 31 heavy (non-hydrogen) atoms. The summed E-state index contributed by atoms with van der Waals surface area (Å²) >= 11 is 1.21. The molecule has 164 valence electrons. The zero-order valence-corrected chi connectivity index (χ0v) is 18.8. The van der Waals surface area contributed by atoms with Crippen LogP contribution in [0.4, 0.5) is 5.69 Å². The first-order valence-electron chi connectivity index (χ1n) is 9.35. The summed E-state index contributed by atoms with van der Waals surface area (Å²) in [6.07, 6.45) is 0. The summed E-state index contributed by atoms with van der Waals surface area (Å²) in [7, 11) is -2.01. The number of hydrogen-bond donors (Lipinski definition) is 0. The van der Waals surface area contributed by atoms with Crippen LogP contribution in [0.1, 0.15) is 24.2 Å². The highest BCUT2D eigenvalue weighted by molar-refractivity contribution is 7.92. The maximum Gasteiger partial charge on any atom is 0.279 e. The summed E-state index contributed by atoms with van der Waals surface area (Å²) in [5.74, 6) is -0.604. The molecule has 0 unspecified atom stereocenters. The van der Waals surface area contributed by atoms with Crippen LogP contribution in [-0.4, -0.2) is 42.8 Å². The van der Waals surface area contributed by atoms with E-state index in [0.717, 1.165) is 4.70 Å². The zero-order chi connectivity index (χ0) is 22.8. The standard InChI is InChI=1S/C20H21N3O6S2/c1-13(2)31(27,28)16-6-4-5-14(11-16)19(24)21-20-22(9-10-29-3)17-12-15(23(25)26)7-8-18(17)30-20/h4-8,11-13H,9-10H2,1-3H3. The van der Waals surface area contributed by atoms with Crippen LogP contribution in [0.5, 0.6) is 0 Å². The number of nitrogens with zero attached hydrogens (tertiary/aromatic N) is 3. The predicted molar refractivity (Wildman–Crippen MR) is 117 cm³/mol. The average molecular weight is 464 g/mol. The van der Waals surface area contributed by atoms with E-state index in [-0.39, 0.29) is 16.1 Å². The van der Waals surface area contributed by atoms with Crippen LogP contribution in [0, 0.1) is 10.1 Å². The van der Waals surface area contributed by atoms with E-state index < -0.39 is 25.9 Å². The number of rotatable bonds is 7. The summed E-state index contributed by atoms with van der Waals surface area (Å²) in [4.78, 5) is 28.1. The van der Waals surface area contributed by atoms with Crippen LogP contribution in [0.25, 0.3) is 10.2 Å². The summed E-state index contributed by atoms with van der Waals surface area (Å²) < 4.78 is 32.4. The molecule has 3 rings (SSSR count). The topological polar surface area (TPSA) is 121 Å². The van der Waals surface area contributed by atoms with Gasteiger partial charge in [0, 0.05) is 31.4 Å². The third-order valence-corrected chi connectivity index (χ3v) is 7.83. The first-order chi connectivity index (χ1) is 14.6. The quantitative estimate of drug-likeness (QED) is 0.392. The summed E-state index contributed by atoms with van der Waals surface area (Å²) in [5, 5.41) is 10.5. The van der Waals surface area contributed by atoms with Crippen LogP contribution < -0.4 is 4.80 Å². The maximum absolute atomic E-state index is 12.8. The number of nitro groups is 1. The van der Waals surface area contributed by atoms with E-state index in [0.29, 0.717) is 23.5 Å². The van der Waals surface area contributed by atoms with Crippen LogP contribution in [-0.2, 0) is 21.1 Å². The number of thiazole rings is 1. The minimum atomic E-state index is -3.54. The molecule has 2 aromatic carbocycles. The number of non-ortho nitro benzene ring substituents is 1. The van der Waals surface area contributed by atoms with Gasteiger partial charge in [0.05, 0.1) is 31.9 Å². The van der Waals surface area contributed by atoms with E-state index in [1.165, 1.54) is 54.8 Å². The molecule has 0 bridgehead atoms. The van der Waals surface area contributed by atoms with Crippen molar-refractivity contribution >= 4 is 43.0 Å². The van der Waals surface area contributed by atoms with E-state index >= 15 is 0 Å². The van der Waals surface area contributed by atoms with E-state index in [1.54, 1.807) is 24.5 Å². The molecule has 1 amide bonds. The smallest absolute Gasteiger partial charge is 0.279 e. The SMILES string of the molecule is COCCn1c(=NC(=O)c2cccc(S(=O)(=O)C(C)C)c2)sc2ccc([N+](=O)[O-])cc21. The molecule has 0 aliphatic rings. The van der Waals surface area contributed by atoms with Crippen molar-refractivity contribution in [3.05, 3.63) is 62.9 Å². The Bertz CT molecular complexity index is 1320. The van der Waals surface area contributed by atoms with Crippen molar-refractivity contribution < 1.29 is 22.9 Å². The Hall–Kier alpha value is -2.89. The third-order valence-electron chi connectivity index (χ3n) is 4.62. The lowest BCUT2D eigenvalue weighted by molar-refractivity contribution is -0.384. The van der Waals surface area contributed by atoms with Gasteiger partial charge in [0.2, 0.25) is 0 Å². The minimum absolute atomic E-state index is 0.0581. The molecule has 0 saturated heterocycles. The largest absolute Gasteiger partial charge is 0.383 e. The predicted octanol–water partition coefficient (Wildman–Crippen LogP) is 3.18. The van der Waals surface area contributed by atoms with Crippen molar-refractivity contribution in [2.24, 2.45) is 4.99 Å². The van der Waals surface area contributed by atoms with Gasteiger partial charge in [0.25, 0.3) is 11.6 Å². The highest BCUT2D eigenvalue weighted by atomic mass is 32.2. The fourth-order valence-electron chi connectivity index (χ4n) is 2.88. The number of carbonyl (C=O) groups excluding carboxylic acids is 1. The molecule has 0 atom stereocenters. The number of nitro benzene ring substituents is 1. The van der Waals surface area contributed by atoms with Crippen LogP contribution in [0.3, 0.4) is 0 Å². The second-order valence-corrected chi connectivity index (χ2v) is 10.5. The van der Waals surface area contributed by atoms with Gasteiger partial charge in [-0.1, -0.05) is 17.4 Å². The Morgan fingerprint density at radius 1 is 1.26 bits per heavy atom. The third kappa shape index (κ3) is 4.73. The molecule has 3 aromatic rings. The summed E-state index contributed by atoms with van der Waals surface area (Å²) in [6.45, 7) is 3.80. The molecule has 0 radical (unpaired) electrons. The number of fused-ring (bicyclic) bond motifs is 1. The average Bonchev–Trinajstić information content (AvgIpc) is 3.08. The second kappa shape index (κ2) is 9.08. The maximum atomic E-state index is 12.8. The first kappa shape index (κ1) is 22.8. The Morgan fingerprint density at radius 3 is 2.65 bits per heavy atom. The summed E-state index contributed by atoms with van der Waals surface area (Å²) in [5.41, 5.74) is 0.642. The van der Waals surface area contributed by atoms with Gasteiger partial charge in [-0.25, -0.2) is 8.42 Å². The molecule has 0 N–H and O–H groups in total. The Balaban J connectivity index is 2.11. The van der Waals surface area contributed by atoms with Gasteiger partial charge in [-0.2, -0.15) is 4.99 Å². The number of sulfone groups is 1. The molecule has 11 heteroatoms. The highest BCUT2D eigenvalue weighted by Gasteiger charge is 2.20. The Labute approximate surface area is 182 Å². The van der Waals surface area contributed by atoms with Gasteiger partial charge < -0.3 is 9.30 Å².